The molecule has 5 nitrogen and oxygen atoms in total. The van der Waals surface area contributed by atoms with E-state index in [1.54, 1.807) is 25.3 Å². The molecule has 2 amide bonds. The molecule has 0 aliphatic carbocycles. The van der Waals surface area contributed by atoms with Crippen molar-refractivity contribution in [1.29, 1.82) is 0 Å². The van der Waals surface area contributed by atoms with E-state index in [9.17, 15) is 9.59 Å². The van der Waals surface area contributed by atoms with Crippen molar-refractivity contribution in [2.24, 2.45) is 0 Å². The normalized spacial score (nSPS) is 14.9. The Bertz CT molecular complexity index is 1250. The summed E-state index contributed by atoms with van der Waals surface area (Å²) in [6.07, 6.45) is 3.33. The van der Waals surface area contributed by atoms with Gasteiger partial charge in [-0.05, 0) is 73.9 Å². The smallest absolute Gasteiger partial charge is 0.293 e. The Morgan fingerprint density at radius 3 is 2.62 bits per heavy atom. The van der Waals surface area contributed by atoms with Gasteiger partial charge in [-0.1, -0.05) is 49.1 Å². The number of carbonyl (C=O) groups is 2. The number of amides is 2. The van der Waals surface area contributed by atoms with Gasteiger partial charge in [-0.25, -0.2) is 0 Å². The molecule has 1 heterocycles. The lowest BCUT2D eigenvalue weighted by atomic mass is 10.1. The number of thioether (sulfide) groups is 1. The van der Waals surface area contributed by atoms with Crippen LogP contribution in [0.25, 0.3) is 16.8 Å². The molecular formula is C25H20BrNO4S. The molecule has 7 heteroatoms. The molecule has 0 spiro atoms. The number of imide groups is 1. The minimum atomic E-state index is -0.310. The zero-order chi connectivity index (χ0) is 22.7. The summed E-state index contributed by atoms with van der Waals surface area (Å²) in [5, 5.41) is 1.90. The fourth-order valence-corrected chi connectivity index (χ4v) is 4.83. The zero-order valence-electron chi connectivity index (χ0n) is 17.3. The minimum absolute atomic E-state index is 0.230. The van der Waals surface area contributed by atoms with Crippen LogP contribution in [0.3, 0.4) is 0 Å². The van der Waals surface area contributed by atoms with E-state index in [0.29, 0.717) is 27.5 Å². The molecule has 3 aromatic carbocycles. The van der Waals surface area contributed by atoms with Gasteiger partial charge in [0, 0.05) is 0 Å². The van der Waals surface area contributed by atoms with Gasteiger partial charge in [-0.2, -0.15) is 0 Å². The van der Waals surface area contributed by atoms with Gasteiger partial charge in [0.1, 0.15) is 6.61 Å². The van der Waals surface area contributed by atoms with Gasteiger partial charge in [0.2, 0.25) is 0 Å². The van der Waals surface area contributed by atoms with E-state index >= 15 is 0 Å². The lowest BCUT2D eigenvalue weighted by Gasteiger charge is -2.13. The first-order valence-corrected chi connectivity index (χ1v) is 11.5. The van der Waals surface area contributed by atoms with Crippen LogP contribution in [-0.4, -0.2) is 29.8 Å². The Hall–Kier alpha value is -3.03. The maximum Gasteiger partial charge on any atom is 0.293 e. The Balaban J connectivity index is 1.57. The summed E-state index contributed by atoms with van der Waals surface area (Å²) < 4.78 is 11.7. The van der Waals surface area contributed by atoms with Crippen molar-refractivity contribution in [3.05, 3.63) is 87.8 Å². The number of ether oxygens (including phenoxy) is 2. The standard InChI is InChI=1S/C25H20BrNO4S/c1-3-10-31-23-20(26)12-17(13-21(23)30-2)14-22-24(28)27(25(29)32-22)15-16-8-9-18-6-4-5-7-19(18)11-16/h3-9,11-14H,1,10,15H2,2H3/b22-14-. The number of carbonyl (C=O) groups excluding carboxylic acids is 2. The SMILES string of the molecule is C=CCOc1c(Br)cc(/C=C2\SC(=O)N(Cc3ccc4ccccc4c3)C2=O)cc1OC. The van der Waals surface area contributed by atoms with Crippen LogP contribution in [0.2, 0.25) is 0 Å². The van der Waals surface area contributed by atoms with E-state index in [1.165, 1.54) is 4.90 Å². The molecule has 0 N–H and O–H groups in total. The van der Waals surface area contributed by atoms with Gasteiger partial charge in [-0.3, -0.25) is 14.5 Å². The summed E-state index contributed by atoms with van der Waals surface area (Å²) in [4.78, 5) is 27.2. The van der Waals surface area contributed by atoms with Crippen molar-refractivity contribution in [3.8, 4) is 11.5 Å². The third kappa shape index (κ3) is 4.59. The number of nitrogens with zero attached hydrogens (tertiary/aromatic N) is 1. The van der Waals surface area contributed by atoms with E-state index in [0.717, 1.165) is 33.7 Å². The van der Waals surface area contributed by atoms with Crippen molar-refractivity contribution >= 4 is 55.7 Å². The second-order valence-corrected chi connectivity index (χ2v) is 8.93. The molecule has 1 aliphatic rings. The van der Waals surface area contributed by atoms with Crippen LogP contribution in [0.15, 0.2) is 76.6 Å². The van der Waals surface area contributed by atoms with E-state index in [4.69, 9.17) is 9.47 Å². The van der Waals surface area contributed by atoms with Crippen LogP contribution in [0, 0.1) is 0 Å². The van der Waals surface area contributed by atoms with Gasteiger partial charge in [0.05, 0.1) is 23.0 Å². The molecule has 1 saturated heterocycles. The predicted octanol–water partition coefficient (Wildman–Crippen LogP) is 6.41. The quantitative estimate of drug-likeness (QED) is 0.272. The Morgan fingerprint density at radius 2 is 1.88 bits per heavy atom. The summed E-state index contributed by atoms with van der Waals surface area (Å²) in [5.74, 6) is 0.757. The number of hydrogen-bond acceptors (Lipinski definition) is 5. The summed E-state index contributed by atoms with van der Waals surface area (Å²) in [6, 6.07) is 17.5. The molecule has 32 heavy (non-hydrogen) atoms. The van der Waals surface area contributed by atoms with Crippen molar-refractivity contribution in [3.63, 3.8) is 0 Å². The van der Waals surface area contributed by atoms with Gasteiger partial charge >= 0.3 is 0 Å². The van der Waals surface area contributed by atoms with Gasteiger partial charge in [0.25, 0.3) is 11.1 Å². The van der Waals surface area contributed by atoms with Crippen LogP contribution in [-0.2, 0) is 11.3 Å². The first kappa shape index (κ1) is 22.2. The molecular weight excluding hydrogens is 490 g/mol. The Labute approximate surface area is 198 Å². The van der Waals surface area contributed by atoms with Crippen LogP contribution < -0.4 is 9.47 Å². The number of methoxy groups -OCH3 is 1. The monoisotopic (exact) mass is 509 g/mol. The van der Waals surface area contributed by atoms with E-state index < -0.39 is 0 Å². The molecule has 1 aliphatic heterocycles. The maximum atomic E-state index is 13.0. The van der Waals surface area contributed by atoms with Crippen LogP contribution in [0.4, 0.5) is 4.79 Å². The second kappa shape index (κ2) is 9.63. The van der Waals surface area contributed by atoms with Crippen molar-refractivity contribution in [1.82, 2.24) is 4.90 Å². The highest BCUT2D eigenvalue weighted by molar-refractivity contribution is 9.10. The average molecular weight is 510 g/mol. The number of hydrogen-bond donors (Lipinski definition) is 0. The number of halogens is 1. The molecule has 4 rings (SSSR count). The first-order chi connectivity index (χ1) is 15.5. The minimum Gasteiger partial charge on any atom is -0.493 e. The summed E-state index contributed by atoms with van der Waals surface area (Å²) in [7, 11) is 1.55. The fourth-order valence-electron chi connectivity index (χ4n) is 3.41. The highest BCUT2D eigenvalue weighted by atomic mass is 79.9. The molecule has 0 bridgehead atoms. The van der Waals surface area contributed by atoms with E-state index in [-0.39, 0.29) is 17.7 Å². The number of rotatable bonds is 7. The number of fused-ring (bicyclic) bond motifs is 1. The summed E-state index contributed by atoms with van der Waals surface area (Å²) >= 11 is 4.42. The average Bonchev–Trinajstić information content (AvgIpc) is 3.05. The van der Waals surface area contributed by atoms with E-state index in [2.05, 4.69) is 22.5 Å². The summed E-state index contributed by atoms with van der Waals surface area (Å²) in [5.41, 5.74) is 1.62. The van der Waals surface area contributed by atoms with E-state index in [1.807, 2.05) is 48.5 Å². The molecule has 0 radical (unpaired) electrons. The molecule has 162 valence electrons. The zero-order valence-corrected chi connectivity index (χ0v) is 19.7. The van der Waals surface area contributed by atoms with Crippen LogP contribution >= 0.6 is 27.7 Å². The molecule has 1 fully saturated rings. The largest absolute Gasteiger partial charge is 0.493 e. The third-order valence-electron chi connectivity index (χ3n) is 4.92. The molecule has 0 atom stereocenters. The Kier molecular flexibility index (Phi) is 6.67. The van der Waals surface area contributed by atoms with Crippen LogP contribution in [0.1, 0.15) is 11.1 Å². The lowest BCUT2D eigenvalue weighted by molar-refractivity contribution is -0.123. The van der Waals surface area contributed by atoms with Crippen LogP contribution in [0.5, 0.6) is 11.5 Å². The summed E-state index contributed by atoms with van der Waals surface area (Å²) in [6.45, 7) is 4.21. The number of benzene rings is 3. The predicted molar refractivity (Wildman–Crippen MR) is 132 cm³/mol. The highest BCUT2D eigenvalue weighted by Crippen LogP contribution is 2.39. The topological polar surface area (TPSA) is 55.8 Å². The maximum absolute atomic E-state index is 13.0. The van der Waals surface area contributed by atoms with Crippen molar-refractivity contribution in [2.75, 3.05) is 13.7 Å². The lowest BCUT2D eigenvalue weighted by Crippen LogP contribution is -2.27. The second-order valence-electron chi connectivity index (χ2n) is 7.08. The van der Waals surface area contributed by atoms with Gasteiger partial charge < -0.3 is 9.47 Å². The first-order valence-electron chi connectivity index (χ1n) is 9.84. The van der Waals surface area contributed by atoms with Crippen molar-refractivity contribution < 1.29 is 19.1 Å². The molecule has 0 aromatic heterocycles. The molecule has 0 saturated carbocycles. The molecule has 3 aromatic rings. The van der Waals surface area contributed by atoms with Gasteiger partial charge in [-0.15, -0.1) is 0 Å². The third-order valence-corrected chi connectivity index (χ3v) is 6.42. The highest BCUT2D eigenvalue weighted by Gasteiger charge is 2.35. The fraction of sp³-hybridized carbons (Fsp3) is 0.120. The van der Waals surface area contributed by atoms with Crippen molar-refractivity contribution in [2.45, 2.75) is 6.54 Å². The van der Waals surface area contributed by atoms with Gasteiger partial charge in [0.15, 0.2) is 11.5 Å². The molecule has 0 unspecified atom stereocenters. The Morgan fingerprint density at radius 1 is 1.09 bits per heavy atom.